The highest BCUT2D eigenvalue weighted by atomic mass is 35.5. The van der Waals surface area contributed by atoms with Gasteiger partial charge in [0.15, 0.2) is 0 Å². The van der Waals surface area contributed by atoms with Crippen molar-refractivity contribution >= 4 is 29.0 Å². The standard InChI is InChI=1S/C17H20ClN3O/c1-12(2)9-17(22)21-16-8-7-15(11-20-16)19-10-13-3-5-14(18)6-4-13/h3-8,11-12,19H,9-10H2,1-2H3,(H,20,21,22). The number of nitrogens with zero attached hydrogens (tertiary/aromatic N) is 1. The van der Waals surface area contributed by atoms with E-state index in [1.165, 1.54) is 0 Å². The number of anilines is 2. The van der Waals surface area contributed by atoms with Crippen LogP contribution in [0.3, 0.4) is 0 Å². The highest BCUT2D eigenvalue weighted by molar-refractivity contribution is 6.30. The second-order valence-electron chi connectivity index (χ2n) is 5.56. The van der Waals surface area contributed by atoms with Gasteiger partial charge in [0, 0.05) is 18.0 Å². The molecule has 5 heteroatoms. The van der Waals surface area contributed by atoms with Gasteiger partial charge in [-0.15, -0.1) is 0 Å². The molecular weight excluding hydrogens is 298 g/mol. The molecule has 1 amide bonds. The lowest BCUT2D eigenvalue weighted by atomic mass is 10.1. The zero-order valence-electron chi connectivity index (χ0n) is 12.8. The molecule has 1 heterocycles. The van der Waals surface area contributed by atoms with Crippen molar-refractivity contribution in [2.75, 3.05) is 10.6 Å². The van der Waals surface area contributed by atoms with E-state index in [0.29, 0.717) is 24.7 Å². The van der Waals surface area contributed by atoms with Gasteiger partial charge < -0.3 is 10.6 Å². The van der Waals surface area contributed by atoms with E-state index in [4.69, 9.17) is 11.6 Å². The number of carbonyl (C=O) groups is 1. The first-order chi connectivity index (χ1) is 10.5. The van der Waals surface area contributed by atoms with Crippen LogP contribution < -0.4 is 10.6 Å². The molecule has 0 saturated heterocycles. The molecule has 22 heavy (non-hydrogen) atoms. The first-order valence-electron chi connectivity index (χ1n) is 7.27. The van der Waals surface area contributed by atoms with E-state index in [0.717, 1.165) is 16.3 Å². The van der Waals surface area contributed by atoms with Crippen LogP contribution in [0.15, 0.2) is 42.6 Å². The molecule has 4 nitrogen and oxygen atoms in total. The van der Waals surface area contributed by atoms with Crippen molar-refractivity contribution in [1.29, 1.82) is 0 Å². The fourth-order valence-corrected chi connectivity index (χ4v) is 2.07. The number of amides is 1. The van der Waals surface area contributed by atoms with Crippen LogP contribution in [-0.4, -0.2) is 10.9 Å². The number of pyridine rings is 1. The number of benzene rings is 1. The molecule has 0 bridgehead atoms. The van der Waals surface area contributed by atoms with Crippen LogP contribution in [0, 0.1) is 5.92 Å². The van der Waals surface area contributed by atoms with Gasteiger partial charge >= 0.3 is 0 Å². The monoisotopic (exact) mass is 317 g/mol. The van der Waals surface area contributed by atoms with Gasteiger partial charge in [-0.05, 0) is 35.7 Å². The predicted octanol–water partition coefficient (Wildman–Crippen LogP) is 4.33. The average molecular weight is 318 g/mol. The summed E-state index contributed by atoms with van der Waals surface area (Å²) in [6.07, 6.45) is 2.21. The summed E-state index contributed by atoms with van der Waals surface area (Å²) in [6, 6.07) is 11.4. The van der Waals surface area contributed by atoms with Crippen molar-refractivity contribution in [3.8, 4) is 0 Å². The first kappa shape index (κ1) is 16.3. The summed E-state index contributed by atoms with van der Waals surface area (Å²) >= 11 is 5.85. The quantitative estimate of drug-likeness (QED) is 0.833. The molecule has 1 aromatic carbocycles. The van der Waals surface area contributed by atoms with E-state index < -0.39 is 0 Å². The normalized spacial score (nSPS) is 10.5. The van der Waals surface area contributed by atoms with Gasteiger partial charge in [-0.2, -0.15) is 0 Å². The molecule has 0 spiro atoms. The Morgan fingerprint density at radius 1 is 1.18 bits per heavy atom. The van der Waals surface area contributed by atoms with Crippen LogP contribution in [-0.2, 0) is 11.3 Å². The predicted molar refractivity (Wildman–Crippen MR) is 91.1 cm³/mol. The Bertz CT molecular complexity index is 609. The Morgan fingerprint density at radius 2 is 1.91 bits per heavy atom. The summed E-state index contributed by atoms with van der Waals surface area (Å²) < 4.78 is 0. The summed E-state index contributed by atoms with van der Waals surface area (Å²) in [5, 5.41) is 6.79. The summed E-state index contributed by atoms with van der Waals surface area (Å²) in [5.74, 6) is 0.896. The smallest absolute Gasteiger partial charge is 0.225 e. The fraction of sp³-hybridized carbons (Fsp3) is 0.294. The second kappa shape index (κ2) is 7.80. The van der Waals surface area contributed by atoms with Crippen molar-refractivity contribution in [1.82, 2.24) is 4.98 Å². The van der Waals surface area contributed by atoms with Crippen molar-refractivity contribution in [3.05, 3.63) is 53.2 Å². The Morgan fingerprint density at radius 3 is 2.50 bits per heavy atom. The van der Waals surface area contributed by atoms with E-state index in [-0.39, 0.29) is 5.91 Å². The Balaban J connectivity index is 1.86. The molecule has 0 aliphatic carbocycles. The topological polar surface area (TPSA) is 54.0 Å². The van der Waals surface area contributed by atoms with Crippen molar-refractivity contribution < 1.29 is 4.79 Å². The summed E-state index contributed by atoms with van der Waals surface area (Å²) in [7, 11) is 0. The minimum absolute atomic E-state index is 0.00984. The molecule has 1 aromatic heterocycles. The maximum absolute atomic E-state index is 11.7. The van der Waals surface area contributed by atoms with Crippen LogP contribution >= 0.6 is 11.6 Å². The maximum atomic E-state index is 11.7. The number of aromatic nitrogens is 1. The highest BCUT2D eigenvalue weighted by Crippen LogP contribution is 2.14. The van der Waals surface area contributed by atoms with Crippen LogP contribution in [0.1, 0.15) is 25.8 Å². The second-order valence-corrected chi connectivity index (χ2v) is 5.99. The summed E-state index contributed by atoms with van der Waals surface area (Å²) in [6.45, 7) is 4.71. The van der Waals surface area contributed by atoms with Crippen molar-refractivity contribution in [3.63, 3.8) is 0 Å². The number of hydrogen-bond donors (Lipinski definition) is 2. The summed E-state index contributed by atoms with van der Waals surface area (Å²) in [4.78, 5) is 15.9. The lowest BCUT2D eigenvalue weighted by molar-refractivity contribution is -0.116. The molecule has 0 saturated carbocycles. The van der Waals surface area contributed by atoms with Crippen LogP contribution in [0.4, 0.5) is 11.5 Å². The molecule has 0 unspecified atom stereocenters. The number of carbonyl (C=O) groups excluding carboxylic acids is 1. The van der Waals surface area contributed by atoms with Gasteiger partial charge in [-0.1, -0.05) is 37.6 Å². The summed E-state index contributed by atoms with van der Waals surface area (Å²) in [5.41, 5.74) is 2.04. The van der Waals surface area contributed by atoms with E-state index in [1.54, 1.807) is 12.3 Å². The van der Waals surface area contributed by atoms with Crippen LogP contribution in [0.2, 0.25) is 5.02 Å². The molecule has 0 fully saturated rings. The molecular formula is C17H20ClN3O. The number of rotatable bonds is 6. The Hall–Kier alpha value is -2.07. The van der Waals surface area contributed by atoms with Gasteiger partial charge in [0.1, 0.15) is 5.82 Å². The lowest BCUT2D eigenvalue weighted by Gasteiger charge is -2.09. The molecule has 116 valence electrons. The highest BCUT2D eigenvalue weighted by Gasteiger charge is 2.05. The van der Waals surface area contributed by atoms with E-state index in [2.05, 4.69) is 15.6 Å². The van der Waals surface area contributed by atoms with E-state index >= 15 is 0 Å². The third-order valence-corrected chi connectivity index (χ3v) is 3.29. The third-order valence-electron chi connectivity index (χ3n) is 3.03. The van der Waals surface area contributed by atoms with Gasteiger partial charge in [0.05, 0.1) is 11.9 Å². The Kier molecular flexibility index (Phi) is 5.78. The third kappa shape index (κ3) is 5.37. The largest absolute Gasteiger partial charge is 0.380 e. The zero-order chi connectivity index (χ0) is 15.9. The SMILES string of the molecule is CC(C)CC(=O)Nc1ccc(NCc2ccc(Cl)cc2)cn1. The molecule has 0 atom stereocenters. The number of nitrogens with one attached hydrogen (secondary N) is 2. The molecule has 2 N–H and O–H groups in total. The minimum Gasteiger partial charge on any atom is -0.380 e. The molecule has 2 aromatic rings. The van der Waals surface area contributed by atoms with Gasteiger partial charge in [0.2, 0.25) is 5.91 Å². The number of halogens is 1. The molecule has 0 aliphatic rings. The van der Waals surface area contributed by atoms with Gasteiger partial charge in [0.25, 0.3) is 0 Å². The molecule has 2 rings (SSSR count). The first-order valence-corrected chi connectivity index (χ1v) is 7.65. The van der Waals surface area contributed by atoms with Crippen molar-refractivity contribution in [2.24, 2.45) is 5.92 Å². The minimum atomic E-state index is -0.00984. The van der Waals surface area contributed by atoms with Crippen LogP contribution in [0.25, 0.3) is 0 Å². The van der Waals surface area contributed by atoms with Gasteiger partial charge in [-0.25, -0.2) is 4.98 Å². The zero-order valence-corrected chi connectivity index (χ0v) is 13.5. The van der Waals surface area contributed by atoms with Crippen LogP contribution in [0.5, 0.6) is 0 Å². The fourth-order valence-electron chi connectivity index (χ4n) is 1.94. The molecule has 0 radical (unpaired) electrons. The number of hydrogen-bond acceptors (Lipinski definition) is 3. The van der Waals surface area contributed by atoms with Gasteiger partial charge in [-0.3, -0.25) is 4.79 Å². The maximum Gasteiger partial charge on any atom is 0.225 e. The lowest BCUT2D eigenvalue weighted by Crippen LogP contribution is -2.14. The molecule has 0 aliphatic heterocycles. The van der Waals surface area contributed by atoms with E-state index in [9.17, 15) is 4.79 Å². The van der Waals surface area contributed by atoms with Crippen molar-refractivity contribution in [2.45, 2.75) is 26.8 Å². The van der Waals surface area contributed by atoms with E-state index in [1.807, 2.05) is 44.2 Å². The average Bonchev–Trinajstić information content (AvgIpc) is 2.47. The Labute approximate surface area is 135 Å².